The summed E-state index contributed by atoms with van der Waals surface area (Å²) in [5.41, 5.74) is 5.58. The highest BCUT2D eigenvalue weighted by Crippen LogP contribution is 2.39. The van der Waals surface area contributed by atoms with Gasteiger partial charge in [-0.25, -0.2) is 13.6 Å². The molecule has 4 N–H and O–H groups in total. The predicted octanol–water partition coefficient (Wildman–Crippen LogP) is 3.38. The number of carbonyl (C=O) groups is 2. The van der Waals surface area contributed by atoms with Crippen molar-refractivity contribution in [2.24, 2.45) is 5.73 Å². The third-order valence-corrected chi connectivity index (χ3v) is 5.22. The summed E-state index contributed by atoms with van der Waals surface area (Å²) in [6.45, 7) is 1.87. The lowest BCUT2D eigenvalue weighted by atomic mass is 9.94. The van der Waals surface area contributed by atoms with E-state index in [2.05, 4.69) is 20.9 Å². The van der Waals surface area contributed by atoms with E-state index in [1.165, 1.54) is 0 Å². The molecule has 1 aromatic carbocycles. The highest BCUT2D eigenvalue weighted by molar-refractivity contribution is 9.10. The Bertz CT molecular complexity index is 952. The van der Waals surface area contributed by atoms with Crippen LogP contribution in [0.2, 0.25) is 0 Å². The number of nitrogens with zero attached hydrogens (tertiary/aromatic N) is 1. The first-order valence-electron chi connectivity index (χ1n) is 7.39. The van der Waals surface area contributed by atoms with Crippen LogP contribution in [0.25, 0.3) is 16.5 Å². The van der Waals surface area contributed by atoms with Crippen LogP contribution in [0.15, 0.2) is 10.5 Å². The largest absolute Gasteiger partial charge is 0.465 e. The van der Waals surface area contributed by atoms with Gasteiger partial charge in [-0.05, 0) is 34.8 Å². The lowest BCUT2D eigenvalue weighted by Crippen LogP contribution is -2.34. The van der Waals surface area contributed by atoms with E-state index in [4.69, 9.17) is 10.8 Å². The predicted molar refractivity (Wildman–Crippen MR) is 91.4 cm³/mol. The lowest BCUT2D eigenvalue weighted by molar-refractivity contribution is 0.0997. The van der Waals surface area contributed by atoms with Crippen molar-refractivity contribution >= 4 is 44.4 Å². The molecule has 0 fully saturated rings. The minimum atomic E-state index is -1.35. The van der Waals surface area contributed by atoms with Crippen molar-refractivity contribution in [3.63, 3.8) is 0 Å². The molecule has 0 saturated heterocycles. The fourth-order valence-electron chi connectivity index (χ4n) is 3.08. The standard InChI is InChI=1S/C16H14BrF2N3O3/c1-6-11(17)9-8(7-3-2-4-22(5-7)16(24)25)12(18)13(19)10(15(20)23)14(9)21-6/h3,21H,2,4-5H2,1H3,(H2,20,23)(H,24,25). The number of hydrogen-bond donors (Lipinski definition) is 3. The number of benzene rings is 1. The molecule has 0 saturated carbocycles. The van der Waals surface area contributed by atoms with Gasteiger partial charge < -0.3 is 20.7 Å². The molecule has 1 aliphatic rings. The van der Waals surface area contributed by atoms with Crippen molar-refractivity contribution in [1.82, 2.24) is 9.88 Å². The van der Waals surface area contributed by atoms with Crippen molar-refractivity contribution in [1.29, 1.82) is 0 Å². The van der Waals surface area contributed by atoms with Crippen LogP contribution in [0, 0.1) is 18.6 Å². The maximum atomic E-state index is 14.8. The van der Waals surface area contributed by atoms with E-state index < -0.39 is 29.2 Å². The van der Waals surface area contributed by atoms with E-state index in [1.807, 2.05) is 0 Å². The quantitative estimate of drug-likeness (QED) is 0.703. The summed E-state index contributed by atoms with van der Waals surface area (Å²) >= 11 is 3.32. The van der Waals surface area contributed by atoms with Gasteiger partial charge in [-0.3, -0.25) is 4.79 Å². The number of carbonyl (C=O) groups excluding carboxylic acids is 1. The van der Waals surface area contributed by atoms with E-state index in [0.29, 0.717) is 22.2 Å². The molecule has 0 radical (unpaired) electrons. The topological polar surface area (TPSA) is 99.4 Å². The van der Waals surface area contributed by atoms with Crippen molar-refractivity contribution in [2.75, 3.05) is 13.1 Å². The zero-order valence-electron chi connectivity index (χ0n) is 13.1. The van der Waals surface area contributed by atoms with Gasteiger partial charge >= 0.3 is 6.09 Å². The number of nitrogens with one attached hydrogen (secondary N) is 1. The number of fused-ring (bicyclic) bond motifs is 1. The molecule has 1 aliphatic heterocycles. The minimum absolute atomic E-state index is 0.0697. The van der Waals surface area contributed by atoms with Gasteiger partial charge in [0.1, 0.15) is 5.56 Å². The normalized spacial score (nSPS) is 14.7. The van der Waals surface area contributed by atoms with Crippen LogP contribution in [-0.4, -0.2) is 40.1 Å². The van der Waals surface area contributed by atoms with Gasteiger partial charge in [0.05, 0.1) is 5.52 Å². The van der Waals surface area contributed by atoms with Crippen LogP contribution in [0.4, 0.5) is 13.6 Å². The van der Waals surface area contributed by atoms with Crippen LogP contribution in [0.1, 0.15) is 28.0 Å². The Morgan fingerprint density at radius 1 is 1.36 bits per heavy atom. The molecule has 1 aromatic heterocycles. The molecule has 3 rings (SSSR count). The number of hydrogen-bond acceptors (Lipinski definition) is 2. The summed E-state index contributed by atoms with van der Waals surface area (Å²) in [6, 6.07) is 0. The SMILES string of the molecule is Cc1[nH]c2c(C(N)=O)c(F)c(F)c(C3=CCCN(C(=O)O)C3)c2c1Br. The van der Waals surface area contributed by atoms with Crippen molar-refractivity contribution in [3.8, 4) is 0 Å². The van der Waals surface area contributed by atoms with Gasteiger partial charge in [-0.1, -0.05) is 6.08 Å². The summed E-state index contributed by atoms with van der Waals surface area (Å²) in [7, 11) is 0. The Morgan fingerprint density at radius 2 is 2.04 bits per heavy atom. The molecular weight excluding hydrogens is 400 g/mol. The van der Waals surface area contributed by atoms with Gasteiger partial charge in [0.25, 0.3) is 5.91 Å². The lowest BCUT2D eigenvalue weighted by Gasteiger charge is -2.25. The number of halogens is 3. The van der Waals surface area contributed by atoms with Crippen LogP contribution < -0.4 is 5.73 Å². The molecule has 9 heteroatoms. The Labute approximate surface area is 149 Å². The molecule has 132 valence electrons. The molecule has 0 bridgehead atoms. The van der Waals surface area contributed by atoms with E-state index in [1.54, 1.807) is 13.0 Å². The number of aromatic amines is 1. The summed E-state index contributed by atoms with van der Waals surface area (Å²) in [6.07, 6.45) is 0.916. The van der Waals surface area contributed by atoms with E-state index in [0.717, 1.165) is 4.90 Å². The number of amides is 2. The summed E-state index contributed by atoms with van der Waals surface area (Å²) < 4.78 is 29.8. The second-order valence-electron chi connectivity index (χ2n) is 5.78. The number of carboxylic acid groups (broad SMARTS) is 1. The van der Waals surface area contributed by atoms with Crippen molar-refractivity contribution in [3.05, 3.63) is 39.0 Å². The number of aromatic nitrogens is 1. The van der Waals surface area contributed by atoms with E-state index in [9.17, 15) is 18.4 Å². The van der Waals surface area contributed by atoms with Crippen LogP contribution >= 0.6 is 15.9 Å². The van der Waals surface area contributed by atoms with Crippen LogP contribution in [0.5, 0.6) is 0 Å². The van der Waals surface area contributed by atoms with Crippen molar-refractivity contribution < 1.29 is 23.5 Å². The molecule has 2 amide bonds. The fraction of sp³-hybridized carbons (Fsp3) is 0.250. The highest BCUT2D eigenvalue weighted by Gasteiger charge is 2.30. The Balaban J connectivity index is 2.34. The van der Waals surface area contributed by atoms with E-state index >= 15 is 0 Å². The molecular formula is C16H14BrF2N3O3. The number of aryl methyl sites for hydroxylation is 1. The molecule has 25 heavy (non-hydrogen) atoms. The maximum Gasteiger partial charge on any atom is 0.407 e. The first-order valence-corrected chi connectivity index (χ1v) is 8.19. The molecule has 0 spiro atoms. The second-order valence-corrected chi connectivity index (χ2v) is 6.57. The van der Waals surface area contributed by atoms with Crippen molar-refractivity contribution in [2.45, 2.75) is 13.3 Å². The van der Waals surface area contributed by atoms with Gasteiger partial charge in [0.2, 0.25) is 0 Å². The Hall–Kier alpha value is -2.42. The second kappa shape index (κ2) is 6.14. The summed E-state index contributed by atoms with van der Waals surface area (Å²) in [5, 5.41) is 9.44. The van der Waals surface area contributed by atoms with E-state index in [-0.39, 0.29) is 29.6 Å². The van der Waals surface area contributed by atoms with Gasteiger partial charge in [0, 0.05) is 34.2 Å². The average Bonchev–Trinajstić information content (AvgIpc) is 2.83. The highest BCUT2D eigenvalue weighted by atomic mass is 79.9. The molecule has 6 nitrogen and oxygen atoms in total. The summed E-state index contributed by atoms with van der Waals surface area (Å²) in [5.74, 6) is -3.66. The zero-order valence-corrected chi connectivity index (χ0v) is 14.7. The Kier molecular flexibility index (Phi) is 4.28. The van der Waals surface area contributed by atoms with Crippen LogP contribution in [0.3, 0.4) is 0 Å². The van der Waals surface area contributed by atoms with Gasteiger partial charge in [-0.2, -0.15) is 0 Å². The maximum absolute atomic E-state index is 14.8. The molecule has 0 atom stereocenters. The van der Waals surface area contributed by atoms with Crippen LogP contribution in [-0.2, 0) is 0 Å². The average molecular weight is 414 g/mol. The molecule has 2 aromatic rings. The number of nitrogens with two attached hydrogens (primary N) is 1. The third-order valence-electron chi connectivity index (χ3n) is 4.23. The number of H-pyrrole nitrogens is 1. The fourth-order valence-corrected chi connectivity index (χ4v) is 3.58. The molecule has 0 unspecified atom stereocenters. The van der Waals surface area contributed by atoms with Gasteiger partial charge in [0.15, 0.2) is 11.6 Å². The number of rotatable bonds is 2. The monoisotopic (exact) mass is 413 g/mol. The third kappa shape index (κ3) is 2.68. The minimum Gasteiger partial charge on any atom is -0.465 e. The smallest absolute Gasteiger partial charge is 0.407 e. The first kappa shape index (κ1) is 17.4. The number of primary amides is 1. The van der Waals surface area contributed by atoms with Gasteiger partial charge in [-0.15, -0.1) is 0 Å². The molecule has 0 aliphatic carbocycles. The molecule has 2 heterocycles. The summed E-state index contributed by atoms with van der Waals surface area (Å²) in [4.78, 5) is 26.8. The Morgan fingerprint density at radius 3 is 2.64 bits per heavy atom. The first-order chi connectivity index (χ1) is 11.7. The zero-order chi connectivity index (χ0) is 18.5.